The predicted molar refractivity (Wildman–Crippen MR) is 61.0 cm³/mol. The van der Waals surface area contributed by atoms with Gasteiger partial charge >= 0.3 is 0 Å². The van der Waals surface area contributed by atoms with Crippen LogP contribution >= 0.6 is 0 Å². The normalized spacial score (nSPS) is 13.1. The molecule has 0 aliphatic rings. The Morgan fingerprint density at radius 2 is 2.00 bits per heavy atom. The Kier molecular flexibility index (Phi) is 2.04. The Hall–Kier alpha value is -2.00. The van der Waals surface area contributed by atoms with Crippen molar-refractivity contribution in [3.8, 4) is 0 Å². The maximum atomic E-state index is 6.07. The average molecular weight is 213 g/mol. The summed E-state index contributed by atoms with van der Waals surface area (Å²) < 4.78 is 10.7. The highest BCUT2D eigenvalue weighted by atomic mass is 16.3. The van der Waals surface area contributed by atoms with Crippen LogP contribution in [0.1, 0.15) is 17.4 Å². The molecule has 0 bridgehead atoms. The molecular weight excluding hydrogens is 202 g/mol. The largest absolute Gasteiger partial charge is 0.472 e. The van der Waals surface area contributed by atoms with E-state index in [0.717, 1.165) is 22.3 Å². The monoisotopic (exact) mass is 213 g/mol. The van der Waals surface area contributed by atoms with Gasteiger partial charge in [0.05, 0.1) is 18.6 Å². The molecule has 1 atom stereocenters. The molecule has 0 saturated heterocycles. The van der Waals surface area contributed by atoms with Gasteiger partial charge in [0.1, 0.15) is 11.3 Å². The van der Waals surface area contributed by atoms with Crippen molar-refractivity contribution >= 4 is 11.0 Å². The summed E-state index contributed by atoms with van der Waals surface area (Å²) in [5, 5.41) is 1.07. The van der Waals surface area contributed by atoms with E-state index in [4.69, 9.17) is 14.6 Å². The molecule has 1 unspecified atom stereocenters. The fraction of sp³-hybridized carbons (Fsp3) is 0.0769. The van der Waals surface area contributed by atoms with E-state index in [1.165, 1.54) is 0 Å². The summed E-state index contributed by atoms with van der Waals surface area (Å²) in [5.74, 6) is 0.752. The summed E-state index contributed by atoms with van der Waals surface area (Å²) in [6, 6.07) is 11.4. The Labute approximate surface area is 92.5 Å². The van der Waals surface area contributed by atoms with Crippen LogP contribution in [0.15, 0.2) is 57.8 Å². The quantitative estimate of drug-likeness (QED) is 0.711. The van der Waals surface area contributed by atoms with Gasteiger partial charge in [0.25, 0.3) is 0 Å². The number of rotatable bonds is 2. The first kappa shape index (κ1) is 9.24. The molecule has 0 aliphatic heterocycles. The van der Waals surface area contributed by atoms with Crippen LogP contribution < -0.4 is 5.73 Å². The van der Waals surface area contributed by atoms with Crippen LogP contribution in [0.5, 0.6) is 0 Å². The zero-order valence-corrected chi connectivity index (χ0v) is 8.59. The Balaban J connectivity index is 2.06. The molecule has 2 heterocycles. The number of para-hydroxylation sites is 1. The summed E-state index contributed by atoms with van der Waals surface area (Å²) in [7, 11) is 0. The molecule has 0 spiro atoms. The van der Waals surface area contributed by atoms with Crippen molar-refractivity contribution in [2.45, 2.75) is 6.04 Å². The number of benzene rings is 1. The van der Waals surface area contributed by atoms with Crippen molar-refractivity contribution in [3.05, 3.63) is 60.2 Å². The minimum Gasteiger partial charge on any atom is -0.472 e. The molecule has 2 aromatic heterocycles. The molecule has 0 amide bonds. The van der Waals surface area contributed by atoms with E-state index in [0.29, 0.717) is 0 Å². The summed E-state index contributed by atoms with van der Waals surface area (Å²) in [5.41, 5.74) is 7.84. The van der Waals surface area contributed by atoms with E-state index in [1.54, 1.807) is 12.5 Å². The minimum absolute atomic E-state index is 0.272. The van der Waals surface area contributed by atoms with E-state index in [1.807, 2.05) is 36.4 Å². The molecule has 2 N–H and O–H groups in total. The van der Waals surface area contributed by atoms with Gasteiger partial charge < -0.3 is 14.6 Å². The molecule has 0 radical (unpaired) electrons. The molecular formula is C13H11NO2. The number of furan rings is 2. The topological polar surface area (TPSA) is 52.3 Å². The number of hydrogen-bond donors (Lipinski definition) is 1. The van der Waals surface area contributed by atoms with Gasteiger partial charge in [-0.1, -0.05) is 18.2 Å². The van der Waals surface area contributed by atoms with E-state index in [9.17, 15) is 0 Å². The Morgan fingerprint density at radius 1 is 1.12 bits per heavy atom. The van der Waals surface area contributed by atoms with E-state index < -0.39 is 0 Å². The first-order valence-corrected chi connectivity index (χ1v) is 5.11. The van der Waals surface area contributed by atoms with Crippen LogP contribution in [0.4, 0.5) is 0 Å². The van der Waals surface area contributed by atoms with Gasteiger partial charge in [0, 0.05) is 10.9 Å². The zero-order chi connectivity index (χ0) is 11.0. The molecule has 0 aliphatic carbocycles. The zero-order valence-electron chi connectivity index (χ0n) is 8.59. The van der Waals surface area contributed by atoms with E-state index >= 15 is 0 Å². The van der Waals surface area contributed by atoms with Crippen molar-refractivity contribution in [1.82, 2.24) is 0 Å². The van der Waals surface area contributed by atoms with Crippen LogP contribution in [-0.4, -0.2) is 0 Å². The smallest absolute Gasteiger partial charge is 0.134 e. The predicted octanol–water partition coefficient (Wildman–Crippen LogP) is 3.07. The number of nitrogens with two attached hydrogens (primary N) is 1. The summed E-state index contributed by atoms with van der Waals surface area (Å²) in [6.45, 7) is 0. The lowest BCUT2D eigenvalue weighted by Crippen LogP contribution is -2.09. The second-order valence-electron chi connectivity index (χ2n) is 3.72. The average Bonchev–Trinajstić information content (AvgIpc) is 2.97. The molecule has 80 valence electrons. The maximum absolute atomic E-state index is 6.07. The van der Waals surface area contributed by atoms with Gasteiger partial charge in [-0.15, -0.1) is 0 Å². The van der Waals surface area contributed by atoms with E-state index in [2.05, 4.69) is 0 Å². The highest BCUT2D eigenvalue weighted by Crippen LogP contribution is 2.26. The van der Waals surface area contributed by atoms with Crippen LogP contribution in [0.2, 0.25) is 0 Å². The summed E-state index contributed by atoms with van der Waals surface area (Å²) >= 11 is 0. The highest BCUT2D eigenvalue weighted by molar-refractivity contribution is 5.77. The summed E-state index contributed by atoms with van der Waals surface area (Å²) in [6.07, 6.45) is 3.25. The van der Waals surface area contributed by atoms with Crippen LogP contribution in [0.25, 0.3) is 11.0 Å². The molecule has 3 nitrogen and oxygen atoms in total. The van der Waals surface area contributed by atoms with E-state index in [-0.39, 0.29) is 6.04 Å². The van der Waals surface area contributed by atoms with Crippen LogP contribution in [-0.2, 0) is 0 Å². The van der Waals surface area contributed by atoms with Crippen molar-refractivity contribution in [3.63, 3.8) is 0 Å². The Bertz CT molecular complexity index is 562. The van der Waals surface area contributed by atoms with Crippen molar-refractivity contribution in [2.24, 2.45) is 5.73 Å². The molecule has 1 aromatic carbocycles. The molecule has 3 rings (SSSR count). The molecule has 16 heavy (non-hydrogen) atoms. The lowest BCUT2D eigenvalue weighted by molar-refractivity contribution is 0.517. The first-order chi connectivity index (χ1) is 7.84. The van der Waals surface area contributed by atoms with Crippen molar-refractivity contribution in [1.29, 1.82) is 0 Å². The standard InChI is InChI=1S/C13H11NO2/c14-13(10-5-6-15-8-10)12-7-9-3-1-2-4-11(9)16-12/h1-8,13H,14H2. The third-order valence-corrected chi connectivity index (χ3v) is 2.65. The third kappa shape index (κ3) is 1.42. The molecule has 0 saturated carbocycles. The van der Waals surface area contributed by atoms with Gasteiger partial charge in [-0.3, -0.25) is 0 Å². The van der Waals surface area contributed by atoms with Crippen molar-refractivity contribution < 1.29 is 8.83 Å². The summed E-state index contributed by atoms with van der Waals surface area (Å²) in [4.78, 5) is 0. The number of hydrogen-bond acceptors (Lipinski definition) is 3. The second kappa shape index (κ2) is 3.54. The van der Waals surface area contributed by atoms with Crippen LogP contribution in [0, 0.1) is 0 Å². The maximum Gasteiger partial charge on any atom is 0.134 e. The van der Waals surface area contributed by atoms with Gasteiger partial charge in [0.2, 0.25) is 0 Å². The SMILES string of the molecule is NC(c1ccoc1)c1cc2ccccc2o1. The number of fused-ring (bicyclic) bond motifs is 1. The van der Waals surface area contributed by atoms with Gasteiger partial charge in [-0.25, -0.2) is 0 Å². The second-order valence-corrected chi connectivity index (χ2v) is 3.72. The van der Waals surface area contributed by atoms with Crippen molar-refractivity contribution in [2.75, 3.05) is 0 Å². The fourth-order valence-electron chi connectivity index (χ4n) is 1.77. The fourth-order valence-corrected chi connectivity index (χ4v) is 1.77. The third-order valence-electron chi connectivity index (χ3n) is 2.65. The Morgan fingerprint density at radius 3 is 2.75 bits per heavy atom. The molecule has 3 heteroatoms. The van der Waals surface area contributed by atoms with Gasteiger partial charge in [0.15, 0.2) is 0 Å². The van der Waals surface area contributed by atoms with Gasteiger partial charge in [-0.05, 0) is 18.2 Å². The molecule has 3 aromatic rings. The van der Waals surface area contributed by atoms with Crippen LogP contribution in [0.3, 0.4) is 0 Å². The first-order valence-electron chi connectivity index (χ1n) is 5.11. The van der Waals surface area contributed by atoms with Gasteiger partial charge in [-0.2, -0.15) is 0 Å². The minimum atomic E-state index is -0.272. The lowest BCUT2D eigenvalue weighted by atomic mass is 10.1. The molecule has 0 fully saturated rings. The lowest BCUT2D eigenvalue weighted by Gasteiger charge is -2.03. The highest BCUT2D eigenvalue weighted by Gasteiger charge is 2.14.